The van der Waals surface area contributed by atoms with Crippen molar-refractivity contribution in [1.82, 2.24) is 15.0 Å². The van der Waals surface area contributed by atoms with Crippen molar-refractivity contribution in [3.05, 3.63) is 48.2 Å². The number of aromatic nitrogens is 3. The highest BCUT2D eigenvalue weighted by atomic mass is 32.2. The first-order valence-electron chi connectivity index (χ1n) is 6.06. The zero-order valence-corrected chi connectivity index (χ0v) is 11.4. The first-order valence-corrected chi connectivity index (χ1v) is 7.04. The lowest BCUT2D eigenvalue weighted by Gasteiger charge is -2.05. The zero-order valence-electron chi connectivity index (χ0n) is 10.6. The fraction of sp³-hybridized carbons (Fsp3) is 0.143. The number of nitrogens with one attached hydrogen (secondary N) is 2. The van der Waals surface area contributed by atoms with Crippen molar-refractivity contribution in [3.8, 4) is 0 Å². The molecule has 2 N–H and O–H groups in total. The quantitative estimate of drug-likeness (QED) is 0.714. The Bertz CT molecular complexity index is 659. The number of fused-ring (bicyclic) bond motifs is 1. The molecule has 0 radical (unpaired) electrons. The Balaban J connectivity index is 1.78. The van der Waals surface area contributed by atoms with E-state index >= 15 is 0 Å². The molecule has 2 heterocycles. The predicted octanol–water partition coefficient (Wildman–Crippen LogP) is 3.29. The molecular formula is C14H14N4S. The molecule has 0 aliphatic rings. The largest absolute Gasteiger partial charge is 0.373 e. The summed E-state index contributed by atoms with van der Waals surface area (Å²) in [6, 6.07) is 12.1. The van der Waals surface area contributed by atoms with Gasteiger partial charge in [-0.2, -0.15) is 0 Å². The van der Waals surface area contributed by atoms with Crippen molar-refractivity contribution in [3.63, 3.8) is 0 Å². The molecule has 2 aromatic heterocycles. The second kappa shape index (κ2) is 5.32. The van der Waals surface area contributed by atoms with Gasteiger partial charge in [0.15, 0.2) is 5.16 Å². The number of anilines is 1. The van der Waals surface area contributed by atoms with Gasteiger partial charge >= 0.3 is 0 Å². The Kier molecular flexibility index (Phi) is 3.37. The van der Waals surface area contributed by atoms with Gasteiger partial charge in [0.2, 0.25) is 0 Å². The lowest BCUT2D eigenvalue weighted by molar-refractivity contribution is 1.08. The van der Waals surface area contributed by atoms with Crippen LogP contribution >= 0.6 is 11.8 Å². The molecule has 0 saturated carbocycles. The van der Waals surface area contributed by atoms with Crippen molar-refractivity contribution in [1.29, 1.82) is 0 Å². The maximum absolute atomic E-state index is 4.55. The van der Waals surface area contributed by atoms with Gasteiger partial charge in [-0.3, -0.25) is 0 Å². The van der Waals surface area contributed by atoms with Crippen molar-refractivity contribution >= 4 is 28.6 Å². The topological polar surface area (TPSA) is 53.6 Å². The van der Waals surface area contributed by atoms with E-state index in [0.717, 1.165) is 27.8 Å². The van der Waals surface area contributed by atoms with Gasteiger partial charge < -0.3 is 10.3 Å². The molecule has 3 aromatic rings. The van der Waals surface area contributed by atoms with Gasteiger partial charge in [-0.25, -0.2) is 9.97 Å². The number of imidazole rings is 1. The van der Waals surface area contributed by atoms with E-state index in [0.29, 0.717) is 0 Å². The normalized spacial score (nSPS) is 10.8. The molecule has 0 saturated heterocycles. The van der Waals surface area contributed by atoms with Crippen molar-refractivity contribution in [2.45, 2.75) is 10.9 Å². The van der Waals surface area contributed by atoms with Gasteiger partial charge in [-0.1, -0.05) is 30.0 Å². The number of thioether (sulfide) groups is 1. The highest BCUT2D eigenvalue weighted by molar-refractivity contribution is 7.98. The molecule has 0 aliphatic heterocycles. The van der Waals surface area contributed by atoms with Crippen LogP contribution in [0.3, 0.4) is 0 Å². The van der Waals surface area contributed by atoms with E-state index < -0.39 is 0 Å². The number of aromatic amines is 1. The summed E-state index contributed by atoms with van der Waals surface area (Å²) in [5.41, 5.74) is 3.26. The lowest BCUT2D eigenvalue weighted by Crippen LogP contribution is -1.96. The Morgan fingerprint density at radius 1 is 1.21 bits per heavy atom. The molecule has 4 nitrogen and oxygen atoms in total. The van der Waals surface area contributed by atoms with E-state index in [4.69, 9.17) is 0 Å². The second-order valence-corrected chi connectivity index (χ2v) is 5.07. The Morgan fingerprint density at radius 2 is 2.11 bits per heavy atom. The molecule has 0 spiro atoms. The van der Waals surface area contributed by atoms with Crippen LogP contribution in [0, 0.1) is 0 Å². The zero-order chi connectivity index (χ0) is 13.1. The van der Waals surface area contributed by atoms with Gasteiger partial charge in [-0.05, 0) is 18.2 Å². The molecule has 0 fully saturated rings. The molecule has 0 amide bonds. The van der Waals surface area contributed by atoms with Crippen molar-refractivity contribution < 1.29 is 0 Å². The SMILES string of the molecule is CNc1ncccc1CSc1nc2ccccc2[nH]1. The molecule has 5 heteroatoms. The molecule has 3 rings (SSSR count). The molecule has 96 valence electrons. The minimum Gasteiger partial charge on any atom is -0.373 e. The number of pyridine rings is 1. The summed E-state index contributed by atoms with van der Waals surface area (Å²) < 4.78 is 0. The van der Waals surface area contributed by atoms with Gasteiger partial charge in [0, 0.05) is 24.6 Å². The number of nitrogens with zero attached hydrogens (tertiary/aromatic N) is 2. The fourth-order valence-corrected chi connectivity index (χ4v) is 2.79. The van der Waals surface area contributed by atoms with Crippen LogP contribution in [0.5, 0.6) is 0 Å². The number of hydrogen-bond donors (Lipinski definition) is 2. The number of rotatable bonds is 4. The minimum atomic E-state index is 0.837. The van der Waals surface area contributed by atoms with Crippen LogP contribution in [-0.2, 0) is 5.75 Å². The minimum absolute atomic E-state index is 0.837. The predicted molar refractivity (Wildman–Crippen MR) is 79.4 cm³/mol. The molecular weight excluding hydrogens is 256 g/mol. The van der Waals surface area contributed by atoms with Gasteiger partial charge in [-0.15, -0.1) is 0 Å². The molecule has 1 aromatic carbocycles. The van der Waals surface area contributed by atoms with Crippen LogP contribution in [0.1, 0.15) is 5.56 Å². The van der Waals surface area contributed by atoms with E-state index in [-0.39, 0.29) is 0 Å². The van der Waals surface area contributed by atoms with E-state index in [9.17, 15) is 0 Å². The summed E-state index contributed by atoms with van der Waals surface area (Å²) in [5, 5.41) is 4.04. The van der Waals surface area contributed by atoms with Crippen molar-refractivity contribution in [2.24, 2.45) is 0 Å². The molecule has 0 atom stereocenters. The summed E-state index contributed by atoms with van der Waals surface area (Å²) in [7, 11) is 1.89. The van der Waals surface area contributed by atoms with Crippen LogP contribution in [-0.4, -0.2) is 22.0 Å². The highest BCUT2D eigenvalue weighted by Gasteiger charge is 2.05. The average Bonchev–Trinajstić information content (AvgIpc) is 2.88. The van der Waals surface area contributed by atoms with Crippen LogP contribution in [0.15, 0.2) is 47.8 Å². The van der Waals surface area contributed by atoms with Crippen LogP contribution in [0.25, 0.3) is 11.0 Å². The Hall–Kier alpha value is -2.01. The first-order chi connectivity index (χ1) is 9.36. The van der Waals surface area contributed by atoms with Crippen molar-refractivity contribution in [2.75, 3.05) is 12.4 Å². The fourth-order valence-electron chi connectivity index (χ4n) is 1.92. The number of benzene rings is 1. The van der Waals surface area contributed by atoms with Gasteiger partial charge in [0.25, 0.3) is 0 Å². The number of hydrogen-bond acceptors (Lipinski definition) is 4. The summed E-state index contributed by atoms with van der Waals surface area (Å²) in [6.07, 6.45) is 1.79. The number of H-pyrrole nitrogens is 1. The van der Waals surface area contributed by atoms with E-state index in [1.807, 2.05) is 37.4 Å². The number of para-hydroxylation sites is 2. The van der Waals surface area contributed by atoms with Crippen LogP contribution in [0.2, 0.25) is 0 Å². The standard InChI is InChI=1S/C14H14N4S/c1-15-13-10(5-4-8-16-13)9-19-14-17-11-6-2-3-7-12(11)18-14/h2-8H,9H2,1H3,(H,15,16)(H,17,18). The third kappa shape index (κ3) is 2.56. The summed E-state index contributed by atoms with van der Waals surface area (Å²) in [4.78, 5) is 12.2. The van der Waals surface area contributed by atoms with E-state index in [1.165, 1.54) is 5.56 Å². The second-order valence-electron chi connectivity index (χ2n) is 4.11. The third-order valence-electron chi connectivity index (χ3n) is 2.86. The van der Waals surface area contributed by atoms with E-state index in [2.05, 4.69) is 26.3 Å². The molecule has 0 unspecified atom stereocenters. The maximum atomic E-state index is 4.55. The molecule has 19 heavy (non-hydrogen) atoms. The molecule has 0 bridgehead atoms. The lowest BCUT2D eigenvalue weighted by atomic mass is 10.3. The third-order valence-corrected chi connectivity index (χ3v) is 3.78. The highest BCUT2D eigenvalue weighted by Crippen LogP contribution is 2.25. The summed E-state index contributed by atoms with van der Waals surface area (Å²) >= 11 is 1.68. The Labute approximate surface area is 115 Å². The molecule has 0 aliphatic carbocycles. The smallest absolute Gasteiger partial charge is 0.166 e. The van der Waals surface area contributed by atoms with Gasteiger partial charge in [0.1, 0.15) is 5.82 Å². The Morgan fingerprint density at radius 3 is 2.95 bits per heavy atom. The summed E-state index contributed by atoms with van der Waals surface area (Å²) in [6.45, 7) is 0. The first kappa shape index (κ1) is 12.0. The van der Waals surface area contributed by atoms with E-state index in [1.54, 1.807) is 18.0 Å². The van der Waals surface area contributed by atoms with Crippen LogP contribution < -0.4 is 5.32 Å². The maximum Gasteiger partial charge on any atom is 0.166 e. The van der Waals surface area contributed by atoms with Crippen LogP contribution in [0.4, 0.5) is 5.82 Å². The summed E-state index contributed by atoms with van der Waals surface area (Å²) in [5.74, 6) is 1.76. The van der Waals surface area contributed by atoms with Gasteiger partial charge in [0.05, 0.1) is 11.0 Å². The monoisotopic (exact) mass is 270 g/mol. The average molecular weight is 270 g/mol.